The van der Waals surface area contributed by atoms with E-state index in [-0.39, 0.29) is 12.6 Å². The summed E-state index contributed by atoms with van der Waals surface area (Å²) in [6.45, 7) is 0.309. The summed E-state index contributed by atoms with van der Waals surface area (Å²) in [4.78, 5) is 0. The summed E-state index contributed by atoms with van der Waals surface area (Å²) in [7, 11) is -0.538. The van der Waals surface area contributed by atoms with Crippen molar-refractivity contribution in [1.29, 1.82) is 0 Å². The van der Waals surface area contributed by atoms with E-state index in [1.807, 2.05) is 0 Å². The predicted octanol–water partition coefficient (Wildman–Crippen LogP) is 1.22. The maximum Gasteiger partial charge on any atom is 0.304 e. The smallest absolute Gasteiger partial charge is 0.304 e. The summed E-state index contributed by atoms with van der Waals surface area (Å²) in [6, 6.07) is 6.52. The number of hydrogen-bond donors (Lipinski definition) is 1. The Kier molecular flexibility index (Phi) is 5.08. The maximum atomic E-state index is 12.7. The van der Waals surface area contributed by atoms with Crippen LogP contribution >= 0.6 is 0 Å². The van der Waals surface area contributed by atoms with Gasteiger partial charge in [0.25, 0.3) is 0 Å². The monoisotopic (exact) mass is 314 g/mol. The van der Waals surface area contributed by atoms with Crippen LogP contribution in [0.5, 0.6) is 5.75 Å². The van der Waals surface area contributed by atoms with Crippen LogP contribution in [0.25, 0.3) is 0 Å². The summed E-state index contributed by atoms with van der Waals surface area (Å²) in [5.41, 5.74) is 0.568. The Labute approximate surface area is 126 Å². The standard InChI is InChI=1S/C14H22N2O4S/c1-15(12-6-8-14(20-2)9-7-12)21(18,19)16-10-4-3-5-13(16)11-17/h6-9,13,17H,3-5,10-11H2,1-2H3. The quantitative estimate of drug-likeness (QED) is 0.887. The minimum absolute atomic E-state index is 0.143. The van der Waals surface area contributed by atoms with E-state index in [1.165, 1.54) is 15.7 Å². The normalized spacial score (nSPS) is 20.2. The van der Waals surface area contributed by atoms with Crippen LogP contribution in [-0.2, 0) is 10.2 Å². The van der Waals surface area contributed by atoms with Crippen LogP contribution < -0.4 is 9.04 Å². The molecule has 0 amide bonds. The fraction of sp³-hybridized carbons (Fsp3) is 0.571. The maximum absolute atomic E-state index is 12.7. The second-order valence-electron chi connectivity index (χ2n) is 5.12. The molecule has 0 saturated carbocycles. The Balaban J connectivity index is 2.24. The molecule has 2 rings (SSSR count). The molecule has 1 fully saturated rings. The van der Waals surface area contributed by atoms with Gasteiger partial charge in [0.05, 0.1) is 19.4 Å². The molecule has 21 heavy (non-hydrogen) atoms. The number of ether oxygens (including phenoxy) is 1. The first-order valence-electron chi connectivity index (χ1n) is 7.01. The highest BCUT2D eigenvalue weighted by Gasteiger charge is 2.34. The molecule has 0 aliphatic carbocycles. The van der Waals surface area contributed by atoms with E-state index in [4.69, 9.17) is 4.74 Å². The lowest BCUT2D eigenvalue weighted by molar-refractivity contribution is 0.155. The minimum atomic E-state index is -3.63. The molecule has 1 atom stereocenters. The first-order valence-corrected chi connectivity index (χ1v) is 8.41. The molecule has 1 N–H and O–H groups in total. The van der Waals surface area contributed by atoms with Crippen LogP contribution in [0.15, 0.2) is 24.3 Å². The van der Waals surface area contributed by atoms with E-state index < -0.39 is 10.2 Å². The third-order valence-corrected chi connectivity index (χ3v) is 5.84. The van der Waals surface area contributed by atoms with Crippen LogP contribution in [0, 0.1) is 0 Å². The van der Waals surface area contributed by atoms with Crippen LogP contribution in [-0.4, -0.2) is 51.2 Å². The van der Waals surface area contributed by atoms with Gasteiger partial charge >= 0.3 is 10.2 Å². The van der Waals surface area contributed by atoms with E-state index in [9.17, 15) is 13.5 Å². The van der Waals surface area contributed by atoms with Gasteiger partial charge in [-0.1, -0.05) is 6.42 Å². The Bertz CT molecular complexity index is 559. The molecule has 1 saturated heterocycles. The third-order valence-electron chi connectivity index (χ3n) is 3.86. The van der Waals surface area contributed by atoms with E-state index in [0.717, 1.165) is 12.8 Å². The van der Waals surface area contributed by atoms with E-state index in [0.29, 0.717) is 24.4 Å². The lowest BCUT2D eigenvalue weighted by Gasteiger charge is -2.36. The van der Waals surface area contributed by atoms with Gasteiger partial charge in [0.1, 0.15) is 5.75 Å². The van der Waals surface area contributed by atoms with Crippen molar-refractivity contribution in [3.05, 3.63) is 24.3 Å². The number of anilines is 1. The number of hydrogen-bond acceptors (Lipinski definition) is 4. The molecule has 1 aromatic carbocycles. The third kappa shape index (κ3) is 3.30. The van der Waals surface area contributed by atoms with E-state index in [1.54, 1.807) is 31.4 Å². The van der Waals surface area contributed by atoms with Gasteiger partial charge in [-0.2, -0.15) is 12.7 Å². The van der Waals surface area contributed by atoms with Crippen molar-refractivity contribution in [1.82, 2.24) is 4.31 Å². The first-order chi connectivity index (χ1) is 10.0. The first kappa shape index (κ1) is 16.1. The zero-order valence-corrected chi connectivity index (χ0v) is 13.2. The Morgan fingerprint density at radius 2 is 2.00 bits per heavy atom. The highest BCUT2D eigenvalue weighted by molar-refractivity contribution is 7.90. The number of aliphatic hydroxyl groups excluding tert-OH is 1. The minimum Gasteiger partial charge on any atom is -0.497 e. The van der Waals surface area contributed by atoms with Gasteiger partial charge in [-0.05, 0) is 37.1 Å². The van der Waals surface area contributed by atoms with Crippen LogP contribution in [0.1, 0.15) is 19.3 Å². The van der Waals surface area contributed by atoms with Crippen LogP contribution in [0.4, 0.5) is 5.69 Å². The predicted molar refractivity (Wildman–Crippen MR) is 81.7 cm³/mol. The molecule has 0 radical (unpaired) electrons. The fourth-order valence-electron chi connectivity index (χ4n) is 2.54. The van der Waals surface area contributed by atoms with Crippen molar-refractivity contribution in [2.45, 2.75) is 25.3 Å². The molecular weight excluding hydrogens is 292 g/mol. The Morgan fingerprint density at radius 3 is 2.57 bits per heavy atom. The Morgan fingerprint density at radius 1 is 1.33 bits per heavy atom. The molecule has 1 unspecified atom stereocenters. The van der Waals surface area contributed by atoms with Crippen molar-refractivity contribution < 1.29 is 18.3 Å². The SMILES string of the molecule is COc1ccc(N(C)S(=O)(=O)N2CCCCC2CO)cc1. The van der Waals surface area contributed by atoms with Crippen LogP contribution in [0.2, 0.25) is 0 Å². The number of piperidine rings is 1. The molecular formula is C14H22N2O4S. The highest BCUT2D eigenvalue weighted by atomic mass is 32.2. The zero-order chi connectivity index (χ0) is 15.5. The second kappa shape index (κ2) is 6.64. The van der Waals surface area contributed by atoms with Gasteiger partial charge in [0.15, 0.2) is 0 Å². The summed E-state index contributed by atoms with van der Waals surface area (Å²) in [6.07, 6.45) is 2.47. The average molecular weight is 314 g/mol. The number of rotatable bonds is 5. The van der Waals surface area contributed by atoms with E-state index in [2.05, 4.69) is 0 Å². The van der Waals surface area contributed by atoms with Crippen molar-refractivity contribution >= 4 is 15.9 Å². The van der Waals surface area contributed by atoms with E-state index >= 15 is 0 Å². The largest absolute Gasteiger partial charge is 0.497 e. The van der Waals surface area contributed by atoms with Gasteiger partial charge in [0.2, 0.25) is 0 Å². The molecule has 7 heteroatoms. The summed E-state index contributed by atoms with van der Waals surface area (Å²) in [5.74, 6) is 0.677. The van der Waals surface area contributed by atoms with Gasteiger partial charge < -0.3 is 9.84 Å². The van der Waals surface area contributed by atoms with Gasteiger partial charge in [0, 0.05) is 19.6 Å². The van der Waals surface area contributed by atoms with Crippen molar-refractivity contribution in [3.63, 3.8) is 0 Å². The second-order valence-corrected chi connectivity index (χ2v) is 7.03. The summed E-state index contributed by atoms with van der Waals surface area (Å²) < 4.78 is 33.2. The fourth-order valence-corrected chi connectivity index (χ4v) is 4.15. The Hall–Kier alpha value is -1.31. The van der Waals surface area contributed by atoms with Crippen LogP contribution in [0.3, 0.4) is 0 Å². The summed E-state index contributed by atoms with van der Waals surface area (Å²) in [5, 5.41) is 9.40. The molecule has 1 heterocycles. The molecule has 0 aromatic heterocycles. The number of methoxy groups -OCH3 is 1. The zero-order valence-electron chi connectivity index (χ0n) is 12.4. The number of benzene rings is 1. The van der Waals surface area contributed by atoms with Gasteiger partial charge in [-0.3, -0.25) is 4.31 Å². The van der Waals surface area contributed by atoms with Crippen molar-refractivity contribution in [2.24, 2.45) is 0 Å². The molecule has 6 nitrogen and oxygen atoms in total. The topological polar surface area (TPSA) is 70.1 Å². The lowest BCUT2D eigenvalue weighted by Crippen LogP contribution is -2.51. The summed E-state index contributed by atoms with van der Waals surface area (Å²) >= 11 is 0. The van der Waals surface area contributed by atoms with Crippen molar-refractivity contribution in [3.8, 4) is 5.75 Å². The van der Waals surface area contributed by atoms with Gasteiger partial charge in [-0.15, -0.1) is 0 Å². The molecule has 1 aliphatic heterocycles. The average Bonchev–Trinajstić information content (AvgIpc) is 2.54. The molecule has 1 aromatic rings. The highest BCUT2D eigenvalue weighted by Crippen LogP contribution is 2.26. The molecule has 0 bridgehead atoms. The molecule has 0 spiro atoms. The van der Waals surface area contributed by atoms with Crippen molar-refractivity contribution in [2.75, 3.05) is 31.6 Å². The molecule has 1 aliphatic rings. The molecule has 118 valence electrons. The number of aliphatic hydroxyl groups is 1. The number of nitrogens with zero attached hydrogens (tertiary/aromatic N) is 2. The van der Waals surface area contributed by atoms with Gasteiger partial charge in [-0.25, -0.2) is 0 Å². The lowest BCUT2D eigenvalue weighted by atomic mass is 10.1.